The van der Waals surface area contributed by atoms with E-state index in [2.05, 4.69) is 0 Å². The summed E-state index contributed by atoms with van der Waals surface area (Å²) in [5, 5.41) is 9.93. The zero-order chi connectivity index (χ0) is 14.0. The molecule has 2 nitrogen and oxygen atoms in total. The van der Waals surface area contributed by atoms with Crippen molar-refractivity contribution < 1.29 is 13.9 Å². The SMILES string of the molecule is N[C@H](c1c(F)ccc(F)c1Cl)[C@@H](O)C1CCCCC1. The summed E-state index contributed by atoms with van der Waals surface area (Å²) in [4.78, 5) is 0. The van der Waals surface area contributed by atoms with Crippen molar-refractivity contribution in [2.24, 2.45) is 11.7 Å². The van der Waals surface area contributed by atoms with E-state index in [1.165, 1.54) is 0 Å². The number of benzene rings is 1. The number of aliphatic hydroxyl groups excluding tert-OH is 1. The average molecular weight is 290 g/mol. The Hall–Kier alpha value is -0.710. The van der Waals surface area contributed by atoms with E-state index in [1.54, 1.807) is 0 Å². The molecule has 0 radical (unpaired) electrons. The molecule has 1 aliphatic rings. The first kappa shape index (κ1) is 14.7. The van der Waals surface area contributed by atoms with Crippen LogP contribution in [0.15, 0.2) is 12.1 Å². The Labute approximate surface area is 116 Å². The molecule has 3 N–H and O–H groups in total. The minimum absolute atomic E-state index is 0.0301. The van der Waals surface area contributed by atoms with E-state index in [-0.39, 0.29) is 16.5 Å². The van der Waals surface area contributed by atoms with E-state index in [1.807, 2.05) is 0 Å². The molecule has 0 unspecified atom stereocenters. The van der Waals surface area contributed by atoms with Crippen molar-refractivity contribution in [1.29, 1.82) is 0 Å². The summed E-state index contributed by atoms with van der Waals surface area (Å²) in [7, 11) is 0. The van der Waals surface area contributed by atoms with Crippen LogP contribution in [0.4, 0.5) is 8.78 Å². The van der Waals surface area contributed by atoms with Crippen molar-refractivity contribution in [1.82, 2.24) is 0 Å². The van der Waals surface area contributed by atoms with Crippen molar-refractivity contribution in [2.75, 3.05) is 0 Å². The standard InChI is InChI=1S/C14H18ClF2NO/c15-12-10(17)7-6-9(16)11(12)13(18)14(19)8-4-2-1-3-5-8/h6-8,13-14,19H,1-5,18H2/t13-,14+/m1/s1. The Kier molecular flexibility index (Phi) is 4.76. The maximum absolute atomic E-state index is 13.8. The zero-order valence-electron chi connectivity index (χ0n) is 10.6. The number of hydrogen-bond donors (Lipinski definition) is 2. The Morgan fingerprint density at radius 2 is 1.74 bits per heavy atom. The maximum Gasteiger partial charge on any atom is 0.142 e. The number of halogens is 3. The minimum atomic E-state index is -0.994. The van der Waals surface area contributed by atoms with Gasteiger partial charge in [0.05, 0.1) is 17.2 Å². The van der Waals surface area contributed by atoms with Gasteiger partial charge in [0.25, 0.3) is 0 Å². The molecular formula is C14H18ClF2NO. The molecule has 0 bridgehead atoms. The van der Waals surface area contributed by atoms with Crippen molar-refractivity contribution in [2.45, 2.75) is 44.2 Å². The highest BCUT2D eigenvalue weighted by Crippen LogP contribution is 2.35. The molecule has 19 heavy (non-hydrogen) atoms. The van der Waals surface area contributed by atoms with Crippen LogP contribution < -0.4 is 5.73 Å². The molecule has 0 amide bonds. The van der Waals surface area contributed by atoms with Gasteiger partial charge in [-0.15, -0.1) is 0 Å². The second kappa shape index (κ2) is 6.16. The molecule has 5 heteroatoms. The minimum Gasteiger partial charge on any atom is -0.391 e. The number of hydrogen-bond acceptors (Lipinski definition) is 2. The van der Waals surface area contributed by atoms with Gasteiger partial charge < -0.3 is 10.8 Å². The highest BCUT2D eigenvalue weighted by molar-refractivity contribution is 6.31. The van der Waals surface area contributed by atoms with E-state index < -0.39 is 23.8 Å². The Bertz CT molecular complexity index is 449. The zero-order valence-corrected chi connectivity index (χ0v) is 11.3. The summed E-state index contributed by atoms with van der Waals surface area (Å²) in [6, 6.07) is 0.955. The molecule has 0 heterocycles. The van der Waals surface area contributed by atoms with Gasteiger partial charge in [0.2, 0.25) is 0 Å². The molecule has 2 rings (SSSR count). The fraction of sp³-hybridized carbons (Fsp3) is 0.571. The number of nitrogens with two attached hydrogens (primary N) is 1. The lowest BCUT2D eigenvalue weighted by Gasteiger charge is -2.31. The normalized spacial score (nSPS) is 20.3. The molecule has 1 saturated carbocycles. The molecule has 1 aromatic carbocycles. The monoisotopic (exact) mass is 289 g/mol. The van der Waals surface area contributed by atoms with Crippen LogP contribution in [0.3, 0.4) is 0 Å². The quantitative estimate of drug-likeness (QED) is 0.836. The smallest absolute Gasteiger partial charge is 0.142 e. The third-order valence-electron chi connectivity index (χ3n) is 3.91. The van der Waals surface area contributed by atoms with E-state index in [4.69, 9.17) is 17.3 Å². The van der Waals surface area contributed by atoms with E-state index in [0.717, 1.165) is 44.2 Å². The molecule has 1 fully saturated rings. The molecule has 1 aromatic rings. The van der Waals surface area contributed by atoms with E-state index in [0.29, 0.717) is 0 Å². The van der Waals surface area contributed by atoms with Gasteiger partial charge >= 0.3 is 0 Å². The number of aliphatic hydroxyl groups is 1. The second-order valence-electron chi connectivity index (χ2n) is 5.17. The van der Waals surface area contributed by atoms with Crippen LogP contribution in [0.2, 0.25) is 5.02 Å². The fourth-order valence-corrected chi connectivity index (χ4v) is 3.07. The largest absolute Gasteiger partial charge is 0.391 e. The van der Waals surface area contributed by atoms with E-state index in [9.17, 15) is 13.9 Å². The first-order valence-corrected chi connectivity index (χ1v) is 6.97. The van der Waals surface area contributed by atoms with Crippen LogP contribution in [0, 0.1) is 17.6 Å². The summed E-state index contributed by atoms with van der Waals surface area (Å²) >= 11 is 5.77. The molecule has 0 aromatic heterocycles. The third-order valence-corrected chi connectivity index (χ3v) is 4.30. The Balaban J connectivity index is 2.23. The average Bonchev–Trinajstić information content (AvgIpc) is 2.43. The van der Waals surface area contributed by atoms with Gasteiger partial charge in [-0.1, -0.05) is 30.9 Å². The summed E-state index contributed by atoms with van der Waals surface area (Å²) in [5.74, 6) is -1.36. The second-order valence-corrected chi connectivity index (χ2v) is 5.55. The van der Waals surface area contributed by atoms with Gasteiger partial charge in [-0.25, -0.2) is 8.78 Å². The van der Waals surface area contributed by atoms with Crippen molar-refractivity contribution >= 4 is 11.6 Å². The lowest BCUT2D eigenvalue weighted by Crippen LogP contribution is -2.35. The predicted molar refractivity (Wildman–Crippen MR) is 70.9 cm³/mol. The van der Waals surface area contributed by atoms with Gasteiger partial charge in [0.1, 0.15) is 11.6 Å². The first-order chi connectivity index (χ1) is 9.02. The van der Waals surface area contributed by atoms with Gasteiger partial charge in [-0.05, 0) is 30.9 Å². The Morgan fingerprint density at radius 3 is 2.37 bits per heavy atom. The van der Waals surface area contributed by atoms with E-state index >= 15 is 0 Å². The lowest BCUT2D eigenvalue weighted by atomic mass is 9.81. The summed E-state index contributed by atoms with van der Waals surface area (Å²) in [6.45, 7) is 0. The van der Waals surface area contributed by atoms with Gasteiger partial charge in [-0.3, -0.25) is 0 Å². The molecule has 0 spiro atoms. The van der Waals surface area contributed by atoms with Crippen LogP contribution in [0.5, 0.6) is 0 Å². The summed E-state index contributed by atoms with van der Waals surface area (Å²) in [6.07, 6.45) is 4.05. The maximum atomic E-state index is 13.8. The summed E-state index contributed by atoms with van der Waals surface area (Å²) < 4.78 is 27.2. The lowest BCUT2D eigenvalue weighted by molar-refractivity contribution is 0.0607. The molecule has 0 saturated heterocycles. The number of rotatable bonds is 3. The molecule has 106 valence electrons. The third kappa shape index (κ3) is 3.07. The van der Waals surface area contributed by atoms with Crippen molar-refractivity contribution in [3.05, 3.63) is 34.4 Å². The van der Waals surface area contributed by atoms with Gasteiger partial charge in [-0.2, -0.15) is 0 Å². The van der Waals surface area contributed by atoms with Crippen LogP contribution in [-0.2, 0) is 0 Å². The predicted octanol–water partition coefficient (Wildman–Crippen LogP) is 3.56. The highest BCUT2D eigenvalue weighted by atomic mass is 35.5. The van der Waals surface area contributed by atoms with Crippen LogP contribution in [0.1, 0.15) is 43.7 Å². The van der Waals surface area contributed by atoms with Crippen LogP contribution >= 0.6 is 11.6 Å². The fourth-order valence-electron chi connectivity index (χ4n) is 2.79. The van der Waals surface area contributed by atoms with Gasteiger partial charge in [0.15, 0.2) is 0 Å². The molecule has 0 aliphatic heterocycles. The molecule has 1 aliphatic carbocycles. The van der Waals surface area contributed by atoms with Crippen LogP contribution in [0.25, 0.3) is 0 Å². The first-order valence-electron chi connectivity index (χ1n) is 6.59. The summed E-state index contributed by atoms with van der Waals surface area (Å²) in [5.41, 5.74) is 5.77. The molecular weight excluding hydrogens is 272 g/mol. The Morgan fingerprint density at radius 1 is 1.16 bits per heavy atom. The van der Waals surface area contributed by atoms with Crippen molar-refractivity contribution in [3.63, 3.8) is 0 Å². The van der Waals surface area contributed by atoms with Crippen molar-refractivity contribution in [3.8, 4) is 0 Å². The van der Waals surface area contributed by atoms with Gasteiger partial charge in [0, 0.05) is 5.56 Å². The topological polar surface area (TPSA) is 46.2 Å². The molecule has 2 atom stereocenters. The highest BCUT2D eigenvalue weighted by Gasteiger charge is 2.31. The van der Waals surface area contributed by atoms with Crippen LogP contribution in [-0.4, -0.2) is 11.2 Å².